The zero-order chi connectivity index (χ0) is 16.4. The quantitative estimate of drug-likeness (QED) is 0.664. The van der Waals surface area contributed by atoms with Crippen LogP contribution in [0.15, 0.2) is 23.1 Å². The Morgan fingerprint density at radius 2 is 1.90 bits per heavy atom. The van der Waals surface area contributed by atoms with E-state index in [9.17, 15) is 18.5 Å². The van der Waals surface area contributed by atoms with E-state index < -0.39 is 14.8 Å². The first kappa shape index (κ1) is 17.6. The number of nitro benzene ring substituents is 1. The van der Waals surface area contributed by atoms with E-state index >= 15 is 0 Å². The van der Waals surface area contributed by atoms with E-state index in [4.69, 9.17) is 0 Å². The van der Waals surface area contributed by atoms with Gasteiger partial charge in [-0.3, -0.25) is 10.1 Å². The van der Waals surface area contributed by atoms with Crippen molar-refractivity contribution in [2.75, 3.05) is 13.3 Å². The van der Waals surface area contributed by atoms with E-state index in [2.05, 4.69) is 5.32 Å². The van der Waals surface area contributed by atoms with Crippen LogP contribution in [0.4, 0.5) is 5.69 Å². The third kappa shape index (κ3) is 4.50. The van der Waals surface area contributed by atoms with Crippen LogP contribution in [0.2, 0.25) is 0 Å². The molecular formula is C14H22N2O4S. The number of sulfone groups is 1. The highest BCUT2D eigenvalue weighted by Crippen LogP contribution is 2.28. The van der Waals surface area contributed by atoms with Gasteiger partial charge in [0.15, 0.2) is 9.84 Å². The molecule has 0 fully saturated rings. The number of hydrogen-bond acceptors (Lipinski definition) is 5. The molecule has 1 atom stereocenters. The summed E-state index contributed by atoms with van der Waals surface area (Å²) in [6.07, 6.45) is 1.50. The van der Waals surface area contributed by atoms with Gasteiger partial charge in [-0.15, -0.1) is 0 Å². The van der Waals surface area contributed by atoms with Crippen molar-refractivity contribution in [3.63, 3.8) is 0 Å². The number of benzene rings is 1. The minimum atomic E-state index is -3.46. The van der Waals surface area contributed by atoms with Gasteiger partial charge in [-0.25, -0.2) is 8.42 Å². The largest absolute Gasteiger partial charge is 0.316 e. The summed E-state index contributed by atoms with van der Waals surface area (Å²) in [7, 11) is -1.65. The molecule has 6 nitrogen and oxygen atoms in total. The number of rotatable bonds is 5. The Hall–Kier alpha value is -1.47. The topological polar surface area (TPSA) is 89.3 Å². The average molecular weight is 314 g/mol. The summed E-state index contributed by atoms with van der Waals surface area (Å²) in [6, 6.07) is 4.14. The van der Waals surface area contributed by atoms with Gasteiger partial charge < -0.3 is 5.32 Å². The van der Waals surface area contributed by atoms with Crippen molar-refractivity contribution in [3.05, 3.63) is 33.9 Å². The predicted molar refractivity (Wildman–Crippen MR) is 82.2 cm³/mol. The lowest BCUT2D eigenvalue weighted by Crippen LogP contribution is -2.39. The van der Waals surface area contributed by atoms with Crippen molar-refractivity contribution in [1.82, 2.24) is 5.32 Å². The average Bonchev–Trinajstić information content (AvgIpc) is 2.32. The number of nitrogens with one attached hydrogen (secondary N) is 1. The lowest BCUT2D eigenvalue weighted by molar-refractivity contribution is -0.385. The van der Waals surface area contributed by atoms with E-state index in [0.717, 1.165) is 12.3 Å². The Labute approximate surface area is 125 Å². The van der Waals surface area contributed by atoms with Crippen molar-refractivity contribution < 1.29 is 13.3 Å². The molecule has 1 rings (SSSR count). The summed E-state index contributed by atoms with van der Waals surface area (Å²) in [5.74, 6) is 0. The molecule has 0 saturated carbocycles. The number of nitrogens with zero attached hydrogens (tertiary/aromatic N) is 1. The summed E-state index contributed by atoms with van der Waals surface area (Å²) >= 11 is 0. The second-order valence-corrected chi connectivity index (χ2v) is 8.25. The van der Waals surface area contributed by atoms with Gasteiger partial charge in [0, 0.05) is 23.9 Å². The van der Waals surface area contributed by atoms with E-state index in [-0.39, 0.29) is 22.0 Å². The Morgan fingerprint density at radius 1 is 1.33 bits per heavy atom. The van der Waals surface area contributed by atoms with Gasteiger partial charge in [0.25, 0.3) is 5.69 Å². The summed E-state index contributed by atoms with van der Waals surface area (Å²) in [6.45, 7) is 6.14. The van der Waals surface area contributed by atoms with E-state index in [1.807, 2.05) is 27.8 Å². The molecule has 118 valence electrons. The SMILES string of the molecule is CNC(Cc1ccc(S(C)(=O)=O)cc1[N+](=O)[O-])C(C)(C)C. The highest BCUT2D eigenvalue weighted by atomic mass is 32.2. The lowest BCUT2D eigenvalue weighted by atomic mass is 9.83. The minimum absolute atomic E-state index is 0.0327. The Morgan fingerprint density at radius 3 is 2.29 bits per heavy atom. The summed E-state index contributed by atoms with van der Waals surface area (Å²) < 4.78 is 23.0. The van der Waals surface area contributed by atoms with Crippen LogP contribution < -0.4 is 5.32 Å². The van der Waals surface area contributed by atoms with Crippen LogP contribution in [0, 0.1) is 15.5 Å². The fourth-order valence-electron chi connectivity index (χ4n) is 2.18. The van der Waals surface area contributed by atoms with Gasteiger partial charge in [-0.2, -0.15) is 0 Å². The fourth-order valence-corrected chi connectivity index (χ4v) is 2.82. The molecule has 0 bridgehead atoms. The first-order valence-electron chi connectivity index (χ1n) is 6.61. The molecule has 0 aliphatic carbocycles. The van der Waals surface area contributed by atoms with Crippen LogP contribution in [0.5, 0.6) is 0 Å². The Balaban J connectivity index is 3.28. The van der Waals surface area contributed by atoms with Crippen LogP contribution >= 0.6 is 0 Å². The number of hydrogen-bond donors (Lipinski definition) is 1. The van der Waals surface area contributed by atoms with Crippen molar-refractivity contribution in [2.24, 2.45) is 5.41 Å². The van der Waals surface area contributed by atoms with Crippen molar-refractivity contribution in [2.45, 2.75) is 38.1 Å². The normalized spacial score (nSPS) is 14.0. The number of nitro groups is 1. The summed E-state index contributed by atoms with van der Waals surface area (Å²) in [4.78, 5) is 10.6. The van der Waals surface area contributed by atoms with Crippen LogP contribution in [-0.2, 0) is 16.3 Å². The first-order valence-corrected chi connectivity index (χ1v) is 8.50. The smallest absolute Gasteiger partial charge is 0.273 e. The second kappa shape index (κ2) is 6.11. The van der Waals surface area contributed by atoms with Crippen molar-refractivity contribution in [3.8, 4) is 0 Å². The third-order valence-corrected chi connectivity index (χ3v) is 4.61. The zero-order valence-corrected chi connectivity index (χ0v) is 13.8. The Bertz CT molecular complexity index is 633. The molecule has 0 radical (unpaired) electrons. The molecule has 0 spiro atoms. The maximum absolute atomic E-state index is 11.5. The zero-order valence-electron chi connectivity index (χ0n) is 13.0. The summed E-state index contributed by atoms with van der Waals surface area (Å²) in [5.41, 5.74) is 0.307. The van der Waals surface area contributed by atoms with Gasteiger partial charge in [-0.05, 0) is 24.9 Å². The summed E-state index contributed by atoms with van der Waals surface area (Å²) in [5, 5.41) is 14.4. The fraction of sp³-hybridized carbons (Fsp3) is 0.571. The Kier molecular flexibility index (Phi) is 5.11. The van der Waals surface area contributed by atoms with Gasteiger partial charge >= 0.3 is 0 Å². The van der Waals surface area contributed by atoms with Gasteiger partial charge in [0.05, 0.1) is 9.82 Å². The van der Waals surface area contributed by atoms with Crippen LogP contribution in [-0.4, -0.2) is 32.7 Å². The molecule has 0 aliphatic rings. The molecular weight excluding hydrogens is 292 g/mol. The standard InChI is InChI=1S/C14H22N2O4S/c1-14(2,3)13(15-4)8-10-6-7-11(21(5,19)20)9-12(10)16(17)18/h6-7,9,13,15H,8H2,1-5H3. The molecule has 7 heteroatoms. The number of likely N-dealkylation sites (N-methyl/N-ethyl adjacent to an activating group) is 1. The molecule has 21 heavy (non-hydrogen) atoms. The molecule has 1 aromatic rings. The van der Waals surface area contributed by atoms with E-state index in [1.54, 1.807) is 0 Å². The maximum Gasteiger partial charge on any atom is 0.273 e. The molecule has 0 amide bonds. The third-order valence-electron chi connectivity index (χ3n) is 3.50. The molecule has 1 N–H and O–H groups in total. The second-order valence-electron chi connectivity index (χ2n) is 6.23. The van der Waals surface area contributed by atoms with E-state index in [1.165, 1.54) is 12.1 Å². The molecule has 1 unspecified atom stereocenters. The molecule has 0 saturated heterocycles. The van der Waals surface area contributed by atoms with Crippen molar-refractivity contribution >= 4 is 15.5 Å². The first-order chi connectivity index (χ1) is 9.46. The molecule has 1 aromatic carbocycles. The van der Waals surface area contributed by atoms with Crippen LogP contribution in [0.25, 0.3) is 0 Å². The van der Waals surface area contributed by atoms with E-state index in [0.29, 0.717) is 12.0 Å². The van der Waals surface area contributed by atoms with Crippen molar-refractivity contribution in [1.29, 1.82) is 0 Å². The molecule has 0 heterocycles. The molecule has 0 aromatic heterocycles. The van der Waals surface area contributed by atoms with Gasteiger partial charge in [0.2, 0.25) is 0 Å². The predicted octanol–water partition coefficient (Wildman–Crippen LogP) is 2.17. The maximum atomic E-state index is 11.5. The minimum Gasteiger partial charge on any atom is -0.316 e. The lowest BCUT2D eigenvalue weighted by Gasteiger charge is -2.30. The van der Waals surface area contributed by atoms with Gasteiger partial charge in [-0.1, -0.05) is 26.8 Å². The highest BCUT2D eigenvalue weighted by molar-refractivity contribution is 7.90. The van der Waals surface area contributed by atoms with Crippen LogP contribution in [0.3, 0.4) is 0 Å². The monoisotopic (exact) mass is 314 g/mol. The van der Waals surface area contributed by atoms with Gasteiger partial charge in [0.1, 0.15) is 0 Å². The highest BCUT2D eigenvalue weighted by Gasteiger charge is 2.27. The molecule has 0 aliphatic heterocycles. The van der Waals surface area contributed by atoms with Crippen LogP contribution in [0.1, 0.15) is 26.3 Å².